The SMILES string of the molecule is CCOc1cccc(C(C)NC(=O)/C=C/c2ccc(N3CCOCC3)cc2)c1. The van der Waals surface area contributed by atoms with Crippen molar-refractivity contribution in [1.29, 1.82) is 0 Å². The summed E-state index contributed by atoms with van der Waals surface area (Å²) in [5, 5.41) is 3.00. The summed E-state index contributed by atoms with van der Waals surface area (Å²) in [6.07, 6.45) is 3.41. The molecule has 3 rings (SSSR count). The molecule has 0 aliphatic carbocycles. The molecule has 0 spiro atoms. The Hall–Kier alpha value is -2.79. The minimum atomic E-state index is -0.119. The minimum absolute atomic E-state index is 0.0961. The van der Waals surface area contributed by atoms with Gasteiger partial charge in [0, 0.05) is 24.9 Å². The topological polar surface area (TPSA) is 50.8 Å². The lowest BCUT2D eigenvalue weighted by Crippen LogP contribution is -2.36. The first-order valence-electron chi connectivity index (χ1n) is 9.80. The van der Waals surface area contributed by atoms with E-state index in [1.165, 1.54) is 5.69 Å². The second-order valence-electron chi connectivity index (χ2n) is 6.76. The number of rotatable bonds is 7. The summed E-state index contributed by atoms with van der Waals surface area (Å²) in [5.41, 5.74) is 3.20. The summed E-state index contributed by atoms with van der Waals surface area (Å²) >= 11 is 0. The second kappa shape index (κ2) is 9.95. The van der Waals surface area contributed by atoms with Crippen molar-refractivity contribution in [2.75, 3.05) is 37.8 Å². The van der Waals surface area contributed by atoms with Crippen molar-refractivity contribution in [2.24, 2.45) is 0 Å². The number of amides is 1. The van der Waals surface area contributed by atoms with Crippen LogP contribution in [-0.4, -0.2) is 38.8 Å². The Kier molecular flexibility index (Phi) is 7.09. The van der Waals surface area contributed by atoms with Crippen LogP contribution >= 0.6 is 0 Å². The molecular weight excluding hydrogens is 352 g/mol. The van der Waals surface area contributed by atoms with E-state index in [1.807, 2.05) is 56.3 Å². The van der Waals surface area contributed by atoms with E-state index in [1.54, 1.807) is 6.08 Å². The first-order valence-corrected chi connectivity index (χ1v) is 9.80. The third-order valence-corrected chi connectivity index (χ3v) is 4.72. The molecule has 2 aromatic carbocycles. The molecule has 2 aromatic rings. The van der Waals surface area contributed by atoms with Crippen LogP contribution in [0, 0.1) is 0 Å². The summed E-state index contributed by atoms with van der Waals surface area (Å²) in [7, 11) is 0. The van der Waals surface area contributed by atoms with Gasteiger partial charge in [0.15, 0.2) is 0 Å². The molecule has 148 valence electrons. The van der Waals surface area contributed by atoms with Crippen LogP contribution in [0.15, 0.2) is 54.6 Å². The average Bonchev–Trinajstić information content (AvgIpc) is 2.74. The summed E-state index contributed by atoms with van der Waals surface area (Å²) in [6.45, 7) is 7.92. The number of carbonyl (C=O) groups is 1. The third kappa shape index (κ3) is 5.60. The van der Waals surface area contributed by atoms with Gasteiger partial charge in [0.2, 0.25) is 5.91 Å². The maximum absolute atomic E-state index is 12.3. The lowest BCUT2D eigenvalue weighted by molar-refractivity contribution is -0.117. The molecule has 1 heterocycles. The van der Waals surface area contributed by atoms with Crippen molar-refractivity contribution in [1.82, 2.24) is 5.32 Å². The van der Waals surface area contributed by atoms with Gasteiger partial charge in [-0.15, -0.1) is 0 Å². The van der Waals surface area contributed by atoms with Gasteiger partial charge in [-0.3, -0.25) is 4.79 Å². The van der Waals surface area contributed by atoms with Crippen LogP contribution in [0.3, 0.4) is 0 Å². The molecule has 0 radical (unpaired) electrons. The van der Waals surface area contributed by atoms with Crippen LogP contribution in [0.5, 0.6) is 5.75 Å². The molecule has 1 atom stereocenters. The van der Waals surface area contributed by atoms with Crippen LogP contribution in [0.2, 0.25) is 0 Å². The van der Waals surface area contributed by atoms with Gasteiger partial charge in [0.1, 0.15) is 5.75 Å². The molecule has 0 aromatic heterocycles. The standard InChI is InChI=1S/C23H28N2O3/c1-3-28-22-6-4-5-20(17-22)18(2)24-23(26)12-9-19-7-10-21(11-8-19)25-13-15-27-16-14-25/h4-12,17-18H,3,13-16H2,1-2H3,(H,24,26)/b12-9+. The van der Waals surface area contributed by atoms with Crippen LogP contribution in [0.4, 0.5) is 5.69 Å². The number of hydrogen-bond donors (Lipinski definition) is 1. The molecule has 1 amide bonds. The van der Waals surface area contributed by atoms with Crippen LogP contribution in [0.1, 0.15) is 31.0 Å². The highest BCUT2D eigenvalue weighted by Crippen LogP contribution is 2.20. The molecule has 1 N–H and O–H groups in total. The van der Waals surface area contributed by atoms with E-state index in [-0.39, 0.29) is 11.9 Å². The number of anilines is 1. The van der Waals surface area contributed by atoms with Crippen molar-refractivity contribution >= 4 is 17.7 Å². The second-order valence-corrected chi connectivity index (χ2v) is 6.76. The molecule has 1 aliphatic rings. The van der Waals surface area contributed by atoms with Crippen molar-refractivity contribution in [3.63, 3.8) is 0 Å². The number of hydrogen-bond acceptors (Lipinski definition) is 4. The fourth-order valence-corrected chi connectivity index (χ4v) is 3.17. The van der Waals surface area contributed by atoms with Crippen molar-refractivity contribution < 1.29 is 14.3 Å². The zero-order valence-electron chi connectivity index (χ0n) is 16.6. The van der Waals surface area contributed by atoms with Gasteiger partial charge in [-0.25, -0.2) is 0 Å². The fourth-order valence-electron chi connectivity index (χ4n) is 3.17. The molecular formula is C23H28N2O3. The Morgan fingerprint density at radius 2 is 1.96 bits per heavy atom. The van der Waals surface area contributed by atoms with Gasteiger partial charge in [0.05, 0.1) is 25.9 Å². The Morgan fingerprint density at radius 1 is 1.21 bits per heavy atom. The van der Waals surface area contributed by atoms with E-state index >= 15 is 0 Å². The van der Waals surface area contributed by atoms with Crippen molar-refractivity contribution in [3.05, 3.63) is 65.7 Å². The fraction of sp³-hybridized carbons (Fsp3) is 0.348. The van der Waals surface area contributed by atoms with Crippen LogP contribution in [0.25, 0.3) is 6.08 Å². The number of nitrogens with zero attached hydrogens (tertiary/aromatic N) is 1. The number of morpholine rings is 1. The molecule has 0 saturated carbocycles. The lowest BCUT2D eigenvalue weighted by Gasteiger charge is -2.28. The Balaban J connectivity index is 1.55. The largest absolute Gasteiger partial charge is 0.494 e. The van der Waals surface area contributed by atoms with E-state index in [2.05, 4.69) is 22.3 Å². The maximum atomic E-state index is 12.3. The highest BCUT2D eigenvalue weighted by Gasteiger charge is 2.11. The number of nitrogens with one attached hydrogen (secondary N) is 1. The molecule has 1 fully saturated rings. The van der Waals surface area contributed by atoms with Gasteiger partial charge in [0.25, 0.3) is 0 Å². The Bertz CT molecular complexity index is 796. The normalized spacial score (nSPS) is 15.4. The van der Waals surface area contributed by atoms with Crippen LogP contribution < -0.4 is 15.0 Å². The molecule has 5 nitrogen and oxygen atoms in total. The lowest BCUT2D eigenvalue weighted by atomic mass is 10.1. The van der Waals surface area contributed by atoms with E-state index in [9.17, 15) is 4.79 Å². The summed E-state index contributed by atoms with van der Waals surface area (Å²) in [6, 6.07) is 15.9. The average molecular weight is 380 g/mol. The van der Waals surface area contributed by atoms with E-state index in [4.69, 9.17) is 9.47 Å². The predicted molar refractivity (Wildman–Crippen MR) is 113 cm³/mol. The molecule has 28 heavy (non-hydrogen) atoms. The number of ether oxygens (including phenoxy) is 2. The third-order valence-electron chi connectivity index (χ3n) is 4.72. The monoisotopic (exact) mass is 380 g/mol. The molecule has 1 unspecified atom stereocenters. The molecule has 0 bridgehead atoms. The highest BCUT2D eigenvalue weighted by molar-refractivity contribution is 5.92. The molecule has 1 saturated heterocycles. The minimum Gasteiger partial charge on any atom is -0.494 e. The smallest absolute Gasteiger partial charge is 0.244 e. The first kappa shape index (κ1) is 20.0. The summed E-state index contributed by atoms with van der Waals surface area (Å²) in [5.74, 6) is 0.698. The van der Waals surface area contributed by atoms with E-state index < -0.39 is 0 Å². The van der Waals surface area contributed by atoms with Gasteiger partial charge in [-0.05, 0) is 55.3 Å². The maximum Gasteiger partial charge on any atom is 0.244 e. The first-order chi connectivity index (χ1) is 13.7. The summed E-state index contributed by atoms with van der Waals surface area (Å²) < 4.78 is 10.9. The van der Waals surface area contributed by atoms with Gasteiger partial charge in [-0.2, -0.15) is 0 Å². The zero-order valence-corrected chi connectivity index (χ0v) is 16.6. The number of benzene rings is 2. The van der Waals surface area contributed by atoms with Crippen molar-refractivity contribution in [3.8, 4) is 5.75 Å². The van der Waals surface area contributed by atoms with Crippen LogP contribution in [-0.2, 0) is 9.53 Å². The van der Waals surface area contributed by atoms with Gasteiger partial charge < -0.3 is 19.7 Å². The van der Waals surface area contributed by atoms with E-state index in [0.717, 1.165) is 43.2 Å². The molecule has 5 heteroatoms. The number of carbonyl (C=O) groups excluding carboxylic acids is 1. The quantitative estimate of drug-likeness (QED) is 0.742. The van der Waals surface area contributed by atoms with Crippen molar-refractivity contribution in [2.45, 2.75) is 19.9 Å². The van der Waals surface area contributed by atoms with E-state index in [0.29, 0.717) is 6.61 Å². The summed E-state index contributed by atoms with van der Waals surface area (Å²) in [4.78, 5) is 14.6. The van der Waals surface area contributed by atoms with Gasteiger partial charge in [-0.1, -0.05) is 24.3 Å². The predicted octanol–water partition coefficient (Wildman–Crippen LogP) is 3.81. The highest BCUT2D eigenvalue weighted by atomic mass is 16.5. The Labute approximate surface area is 167 Å². The zero-order chi connectivity index (χ0) is 19.8. The molecule has 1 aliphatic heterocycles. The Morgan fingerprint density at radius 3 is 2.68 bits per heavy atom. The van der Waals surface area contributed by atoms with Gasteiger partial charge >= 0.3 is 0 Å².